The Bertz CT molecular complexity index is 1160. The molecule has 0 saturated carbocycles. The number of nitrogens with zero attached hydrogens (tertiary/aromatic N) is 2. The molecule has 0 atom stereocenters. The summed E-state index contributed by atoms with van der Waals surface area (Å²) >= 11 is 3.94. The van der Waals surface area contributed by atoms with E-state index in [4.69, 9.17) is 9.98 Å². The second-order valence-electron chi connectivity index (χ2n) is 11.3. The van der Waals surface area contributed by atoms with E-state index in [0.29, 0.717) is 23.7 Å². The Labute approximate surface area is 233 Å². The highest BCUT2D eigenvalue weighted by Crippen LogP contribution is 2.37. The van der Waals surface area contributed by atoms with Gasteiger partial charge in [-0.1, -0.05) is 110 Å². The van der Waals surface area contributed by atoms with Gasteiger partial charge in [-0.05, 0) is 75.7 Å². The van der Waals surface area contributed by atoms with E-state index in [2.05, 4.69) is 140 Å². The van der Waals surface area contributed by atoms with E-state index in [1.807, 2.05) is 0 Å². The Balaban J connectivity index is 2.15. The van der Waals surface area contributed by atoms with Gasteiger partial charge in [-0.2, -0.15) is 0 Å². The Kier molecular flexibility index (Phi) is 9.69. The SMILES string of the molecule is CC(=Nc1c(C(C)C)cccc1C(C)C)c1cccc(C(C)=Nc2c(C(C)C)cccc2C(C)C)c1Br. The Morgan fingerprint density at radius 3 is 1.05 bits per heavy atom. The van der Waals surface area contributed by atoms with Crippen molar-refractivity contribution in [3.63, 3.8) is 0 Å². The summed E-state index contributed by atoms with van der Waals surface area (Å²) in [4.78, 5) is 10.5. The molecule has 0 aromatic heterocycles. The van der Waals surface area contributed by atoms with Crippen LogP contribution in [-0.2, 0) is 0 Å². The number of hydrogen-bond acceptors (Lipinski definition) is 2. The zero-order valence-corrected chi connectivity index (χ0v) is 25.9. The average Bonchev–Trinajstić information content (AvgIpc) is 2.83. The molecule has 0 heterocycles. The third kappa shape index (κ3) is 6.49. The van der Waals surface area contributed by atoms with E-state index >= 15 is 0 Å². The highest BCUT2D eigenvalue weighted by molar-refractivity contribution is 9.10. The molecule has 0 spiro atoms. The molecular weight excluding hydrogens is 516 g/mol. The van der Waals surface area contributed by atoms with Gasteiger partial charge >= 0.3 is 0 Å². The highest BCUT2D eigenvalue weighted by atomic mass is 79.9. The van der Waals surface area contributed by atoms with Gasteiger partial charge in [-0.25, -0.2) is 0 Å². The van der Waals surface area contributed by atoms with Crippen molar-refractivity contribution >= 4 is 38.7 Å². The number of aliphatic imine (C=N–C) groups is 2. The minimum atomic E-state index is 0.408. The zero-order valence-electron chi connectivity index (χ0n) is 24.3. The smallest absolute Gasteiger partial charge is 0.0702 e. The molecule has 0 aliphatic carbocycles. The molecule has 0 unspecified atom stereocenters. The molecule has 196 valence electrons. The lowest BCUT2D eigenvalue weighted by Crippen LogP contribution is -2.05. The zero-order chi connectivity index (χ0) is 27.4. The predicted molar refractivity (Wildman–Crippen MR) is 167 cm³/mol. The van der Waals surface area contributed by atoms with Crippen molar-refractivity contribution in [2.45, 2.75) is 92.9 Å². The van der Waals surface area contributed by atoms with Crippen LogP contribution in [0.15, 0.2) is 69.1 Å². The molecule has 0 saturated heterocycles. The van der Waals surface area contributed by atoms with Crippen LogP contribution in [0.3, 0.4) is 0 Å². The van der Waals surface area contributed by atoms with E-state index in [1.165, 1.54) is 22.3 Å². The van der Waals surface area contributed by atoms with Crippen LogP contribution in [0.5, 0.6) is 0 Å². The minimum absolute atomic E-state index is 0.408. The summed E-state index contributed by atoms with van der Waals surface area (Å²) in [5, 5.41) is 0. The first kappa shape index (κ1) is 29.0. The molecule has 0 aliphatic rings. The van der Waals surface area contributed by atoms with Gasteiger partial charge in [0.15, 0.2) is 0 Å². The standard InChI is InChI=1S/C34H43BrN2/c1-20(2)26-14-11-15-27(21(3)4)33(26)36-24(9)30-18-13-19-31(32(30)35)25(10)37-34-28(22(5)6)16-12-17-29(34)23(7)8/h11-23H,1-10H3. The maximum absolute atomic E-state index is 5.24. The summed E-state index contributed by atoms with van der Waals surface area (Å²) < 4.78 is 1.04. The summed E-state index contributed by atoms with van der Waals surface area (Å²) in [7, 11) is 0. The Hall–Kier alpha value is -2.52. The highest BCUT2D eigenvalue weighted by Gasteiger charge is 2.17. The third-order valence-electron chi connectivity index (χ3n) is 7.02. The summed E-state index contributed by atoms with van der Waals surface area (Å²) in [6.07, 6.45) is 0. The summed E-state index contributed by atoms with van der Waals surface area (Å²) in [5.74, 6) is 1.63. The largest absolute Gasteiger partial charge is 0.253 e. The van der Waals surface area contributed by atoms with E-state index in [0.717, 1.165) is 38.4 Å². The molecule has 3 rings (SSSR count). The Morgan fingerprint density at radius 2 is 0.784 bits per heavy atom. The van der Waals surface area contributed by atoms with Crippen molar-refractivity contribution in [1.82, 2.24) is 0 Å². The van der Waals surface area contributed by atoms with Crippen LogP contribution in [0.2, 0.25) is 0 Å². The molecule has 3 heteroatoms. The quantitative estimate of drug-likeness (QED) is 0.245. The number of rotatable bonds is 8. The maximum Gasteiger partial charge on any atom is 0.0702 e. The van der Waals surface area contributed by atoms with Crippen molar-refractivity contribution < 1.29 is 0 Å². The van der Waals surface area contributed by atoms with Crippen LogP contribution >= 0.6 is 15.9 Å². The molecule has 0 bridgehead atoms. The van der Waals surface area contributed by atoms with Crippen molar-refractivity contribution in [3.05, 3.63) is 92.5 Å². The lowest BCUT2D eigenvalue weighted by Gasteiger charge is -2.18. The monoisotopic (exact) mass is 558 g/mol. The second-order valence-corrected chi connectivity index (χ2v) is 12.0. The van der Waals surface area contributed by atoms with Crippen molar-refractivity contribution in [2.75, 3.05) is 0 Å². The van der Waals surface area contributed by atoms with Crippen LogP contribution in [-0.4, -0.2) is 11.4 Å². The summed E-state index contributed by atoms with van der Waals surface area (Å²) in [6.45, 7) is 22.2. The van der Waals surface area contributed by atoms with Crippen LogP contribution in [0, 0.1) is 0 Å². The molecule has 37 heavy (non-hydrogen) atoms. The van der Waals surface area contributed by atoms with Gasteiger partial charge in [0.2, 0.25) is 0 Å². The molecule has 0 N–H and O–H groups in total. The number of hydrogen-bond donors (Lipinski definition) is 0. The van der Waals surface area contributed by atoms with Gasteiger partial charge in [0.25, 0.3) is 0 Å². The van der Waals surface area contributed by atoms with Crippen LogP contribution in [0.1, 0.15) is 126 Å². The first-order valence-electron chi connectivity index (χ1n) is 13.6. The first-order valence-corrected chi connectivity index (χ1v) is 14.4. The molecule has 2 nitrogen and oxygen atoms in total. The number of benzene rings is 3. The predicted octanol–water partition coefficient (Wildman–Crippen LogP) is 11.2. The lowest BCUT2D eigenvalue weighted by atomic mass is 9.92. The van der Waals surface area contributed by atoms with Crippen molar-refractivity contribution in [3.8, 4) is 0 Å². The molecule has 0 fully saturated rings. The average molecular weight is 560 g/mol. The molecule has 3 aromatic rings. The lowest BCUT2D eigenvalue weighted by molar-refractivity contribution is 0.834. The van der Waals surface area contributed by atoms with E-state index < -0.39 is 0 Å². The second kappa shape index (κ2) is 12.3. The molecular formula is C34H43BrN2. The number of para-hydroxylation sites is 2. The summed E-state index contributed by atoms with van der Waals surface area (Å²) in [6, 6.07) is 19.6. The van der Waals surface area contributed by atoms with Gasteiger partial charge in [-0.3, -0.25) is 9.98 Å². The van der Waals surface area contributed by atoms with E-state index in [-0.39, 0.29) is 0 Å². The normalized spacial score (nSPS) is 12.9. The first-order chi connectivity index (χ1) is 17.4. The van der Waals surface area contributed by atoms with E-state index in [9.17, 15) is 0 Å². The van der Waals surface area contributed by atoms with Gasteiger partial charge in [0, 0.05) is 27.0 Å². The molecule has 0 aliphatic heterocycles. The van der Waals surface area contributed by atoms with Gasteiger partial charge < -0.3 is 0 Å². The van der Waals surface area contributed by atoms with Crippen molar-refractivity contribution in [2.24, 2.45) is 9.98 Å². The fourth-order valence-corrected chi connectivity index (χ4v) is 5.67. The fourth-order valence-electron chi connectivity index (χ4n) is 4.83. The molecule has 0 radical (unpaired) electrons. The van der Waals surface area contributed by atoms with Crippen LogP contribution in [0.4, 0.5) is 11.4 Å². The summed E-state index contributed by atoms with van der Waals surface area (Å²) in [5.41, 5.74) is 11.6. The van der Waals surface area contributed by atoms with Crippen LogP contribution < -0.4 is 0 Å². The van der Waals surface area contributed by atoms with Crippen molar-refractivity contribution in [1.29, 1.82) is 0 Å². The van der Waals surface area contributed by atoms with Gasteiger partial charge in [0.05, 0.1) is 11.4 Å². The van der Waals surface area contributed by atoms with E-state index in [1.54, 1.807) is 0 Å². The third-order valence-corrected chi connectivity index (χ3v) is 7.88. The topological polar surface area (TPSA) is 24.7 Å². The molecule has 3 aromatic carbocycles. The molecule has 0 amide bonds. The number of halogens is 1. The van der Waals surface area contributed by atoms with Gasteiger partial charge in [-0.15, -0.1) is 0 Å². The fraction of sp³-hybridized carbons (Fsp3) is 0.412. The van der Waals surface area contributed by atoms with Gasteiger partial charge in [0.1, 0.15) is 0 Å². The maximum atomic E-state index is 5.24. The Morgan fingerprint density at radius 1 is 0.514 bits per heavy atom. The minimum Gasteiger partial charge on any atom is -0.253 e. The van der Waals surface area contributed by atoms with Crippen LogP contribution in [0.25, 0.3) is 0 Å².